The first-order chi connectivity index (χ1) is 10.6. The molecular formula is C13H21N5O4S. The number of rotatable bonds is 3. The number of primary amides is 1. The molecule has 0 radical (unpaired) electrons. The van der Waals surface area contributed by atoms with Crippen LogP contribution in [0.25, 0.3) is 0 Å². The summed E-state index contributed by atoms with van der Waals surface area (Å²) in [7, 11) is -1.75. The highest BCUT2D eigenvalue weighted by Gasteiger charge is 2.33. The van der Waals surface area contributed by atoms with Crippen molar-refractivity contribution >= 4 is 21.8 Å². The summed E-state index contributed by atoms with van der Waals surface area (Å²) in [4.78, 5) is 25.7. The van der Waals surface area contributed by atoms with E-state index in [2.05, 4.69) is 5.10 Å². The molecule has 0 aromatic carbocycles. The molecule has 1 fully saturated rings. The van der Waals surface area contributed by atoms with Crippen LogP contribution in [0.4, 0.5) is 0 Å². The first-order valence-electron chi connectivity index (χ1n) is 7.13. The third-order valence-electron chi connectivity index (χ3n) is 3.89. The van der Waals surface area contributed by atoms with Gasteiger partial charge in [-0.25, -0.2) is 8.42 Å². The third kappa shape index (κ3) is 3.88. The van der Waals surface area contributed by atoms with Gasteiger partial charge in [0.15, 0.2) is 0 Å². The zero-order valence-electron chi connectivity index (χ0n) is 13.4. The van der Waals surface area contributed by atoms with E-state index in [-0.39, 0.29) is 32.1 Å². The Bertz CT molecular complexity index is 727. The number of amides is 2. The molecule has 23 heavy (non-hydrogen) atoms. The van der Waals surface area contributed by atoms with Crippen molar-refractivity contribution < 1.29 is 18.0 Å². The lowest BCUT2D eigenvalue weighted by molar-refractivity contribution is -0.122. The molecule has 2 amide bonds. The van der Waals surface area contributed by atoms with Crippen LogP contribution in [0.15, 0.2) is 6.20 Å². The highest BCUT2D eigenvalue weighted by atomic mass is 32.2. The minimum Gasteiger partial charge on any atom is -0.369 e. The third-order valence-corrected chi connectivity index (χ3v) is 5.16. The second-order valence-corrected chi connectivity index (χ2v) is 7.76. The lowest BCUT2D eigenvalue weighted by Gasteiger charge is -2.22. The summed E-state index contributed by atoms with van der Waals surface area (Å²) in [5.74, 6) is -1.65. The Morgan fingerprint density at radius 2 is 1.96 bits per heavy atom. The van der Waals surface area contributed by atoms with Gasteiger partial charge >= 0.3 is 0 Å². The van der Waals surface area contributed by atoms with E-state index in [4.69, 9.17) is 5.73 Å². The summed E-state index contributed by atoms with van der Waals surface area (Å²) in [5.41, 5.74) is 6.38. The number of hydrogen-bond acceptors (Lipinski definition) is 5. The maximum Gasteiger partial charge on any atom is 0.257 e. The van der Waals surface area contributed by atoms with Crippen molar-refractivity contribution in [3.8, 4) is 0 Å². The van der Waals surface area contributed by atoms with Crippen LogP contribution in [0.2, 0.25) is 0 Å². The van der Waals surface area contributed by atoms with Crippen molar-refractivity contribution in [2.24, 2.45) is 18.7 Å². The van der Waals surface area contributed by atoms with E-state index in [1.165, 1.54) is 13.9 Å². The fraction of sp³-hybridized carbons (Fsp3) is 0.615. The van der Waals surface area contributed by atoms with Gasteiger partial charge in [-0.15, -0.1) is 0 Å². The normalized spacial score (nSPS) is 20.3. The molecule has 0 aliphatic carbocycles. The average Bonchev–Trinajstić information content (AvgIpc) is 2.64. The number of hydrogen-bond donors (Lipinski definition) is 1. The molecule has 1 aliphatic rings. The second kappa shape index (κ2) is 6.28. The van der Waals surface area contributed by atoms with Gasteiger partial charge in [0, 0.05) is 39.4 Å². The van der Waals surface area contributed by atoms with Crippen LogP contribution in [0.5, 0.6) is 0 Å². The summed E-state index contributed by atoms with van der Waals surface area (Å²) in [5, 5.41) is 4.13. The van der Waals surface area contributed by atoms with Gasteiger partial charge in [0.2, 0.25) is 15.9 Å². The molecule has 1 aromatic rings. The Labute approximate surface area is 135 Å². The monoisotopic (exact) mass is 343 g/mol. The Morgan fingerprint density at radius 1 is 1.30 bits per heavy atom. The van der Waals surface area contributed by atoms with E-state index in [1.807, 2.05) is 0 Å². The quantitative estimate of drug-likeness (QED) is 0.720. The number of aromatic nitrogens is 2. The van der Waals surface area contributed by atoms with Gasteiger partial charge in [-0.2, -0.15) is 9.40 Å². The maximum atomic E-state index is 12.7. The topological polar surface area (TPSA) is 119 Å². The minimum atomic E-state index is -3.46. The van der Waals surface area contributed by atoms with E-state index in [9.17, 15) is 18.0 Å². The van der Waals surface area contributed by atoms with Crippen LogP contribution in [0.3, 0.4) is 0 Å². The predicted molar refractivity (Wildman–Crippen MR) is 82.9 cm³/mol. The molecule has 0 bridgehead atoms. The highest BCUT2D eigenvalue weighted by molar-refractivity contribution is 7.88. The van der Waals surface area contributed by atoms with Crippen LogP contribution < -0.4 is 5.73 Å². The standard InChI is InChI=1S/C13H21N5O4S/c1-9-11(8-16(2)15-9)13(20)17-4-5-18(23(3,21)22)7-10(6-17)12(14)19/h8,10H,4-7H2,1-3H3,(H2,14,19). The van der Waals surface area contributed by atoms with Gasteiger partial charge in [-0.1, -0.05) is 0 Å². The van der Waals surface area contributed by atoms with Crippen LogP contribution in [-0.4, -0.2) is 71.7 Å². The summed E-state index contributed by atoms with van der Waals surface area (Å²) >= 11 is 0. The molecule has 2 heterocycles. The molecule has 1 saturated heterocycles. The summed E-state index contributed by atoms with van der Waals surface area (Å²) in [6.07, 6.45) is 2.68. The molecule has 10 heteroatoms. The van der Waals surface area contributed by atoms with Crippen molar-refractivity contribution in [2.75, 3.05) is 32.4 Å². The molecule has 1 atom stereocenters. The van der Waals surface area contributed by atoms with E-state index >= 15 is 0 Å². The van der Waals surface area contributed by atoms with Crippen molar-refractivity contribution in [1.82, 2.24) is 19.0 Å². The first-order valence-corrected chi connectivity index (χ1v) is 8.98. The van der Waals surface area contributed by atoms with E-state index in [1.54, 1.807) is 20.2 Å². The molecule has 1 aliphatic heterocycles. The largest absolute Gasteiger partial charge is 0.369 e. The van der Waals surface area contributed by atoms with Crippen molar-refractivity contribution in [3.05, 3.63) is 17.5 Å². The fourth-order valence-electron chi connectivity index (χ4n) is 2.63. The summed E-state index contributed by atoms with van der Waals surface area (Å²) < 4.78 is 26.3. The molecule has 0 saturated carbocycles. The zero-order chi connectivity index (χ0) is 17.4. The summed E-state index contributed by atoms with van der Waals surface area (Å²) in [6, 6.07) is 0. The Balaban J connectivity index is 2.27. The van der Waals surface area contributed by atoms with E-state index in [0.29, 0.717) is 11.3 Å². The molecule has 9 nitrogen and oxygen atoms in total. The molecule has 1 aromatic heterocycles. The molecule has 2 rings (SSSR count). The average molecular weight is 343 g/mol. The zero-order valence-corrected chi connectivity index (χ0v) is 14.2. The SMILES string of the molecule is Cc1nn(C)cc1C(=O)N1CCN(S(C)(=O)=O)CC(C(N)=O)C1. The lowest BCUT2D eigenvalue weighted by atomic mass is 10.1. The van der Waals surface area contributed by atoms with Crippen molar-refractivity contribution in [2.45, 2.75) is 6.92 Å². The van der Waals surface area contributed by atoms with Crippen LogP contribution in [0.1, 0.15) is 16.1 Å². The number of carbonyl (C=O) groups excluding carboxylic acids is 2. The lowest BCUT2D eigenvalue weighted by Crippen LogP contribution is -2.41. The minimum absolute atomic E-state index is 0.00995. The molecule has 0 spiro atoms. The second-order valence-electron chi connectivity index (χ2n) is 5.77. The number of nitrogens with two attached hydrogens (primary N) is 1. The fourth-order valence-corrected chi connectivity index (χ4v) is 3.49. The van der Waals surface area contributed by atoms with Gasteiger partial charge in [-0.05, 0) is 6.92 Å². The highest BCUT2D eigenvalue weighted by Crippen LogP contribution is 2.16. The first kappa shape index (κ1) is 17.4. The predicted octanol–water partition coefficient (Wildman–Crippen LogP) is -1.45. The smallest absolute Gasteiger partial charge is 0.257 e. The van der Waals surface area contributed by atoms with Crippen molar-refractivity contribution in [1.29, 1.82) is 0 Å². The molecule has 128 valence electrons. The maximum absolute atomic E-state index is 12.7. The number of nitrogens with zero attached hydrogens (tertiary/aromatic N) is 4. The van der Waals surface area contributed by atoms with E-state index in [0.717, 1.165) is 6.26 Å². The Kier molecular flexibility index (Phi) is 4.76. The van der Waals surface area contributed by atoms with Gasteiger partial charge in [0.1, 0.15) is 0 Å². The number of aryl methyl sites for hydroxylation is 2. The Morgan fingerprint density at radius 3 is 2.43 bits per heavy atom. The van der Waals surface area contributed by atoms with Gasteiger partial charge in [-0.3, -0.25) is 14.3 Å². The number of sulfonamides is 1. The van der Waals surface area contributed by atoms with Crippen LogP contribution >= 0.6 is 0 Å². The van der Waals surface area contributed by atoms with Gasteiger partial charge < -0.3 is 10.6 Å². The van der Waals surface area contributed by atoms with Crippen molar-refractivity contribution in [3.63, 3.8) is 0 Å². The molecule has 1 unspecified atom stereocenters. The number of carbonyl (C=O) groups is 2. The van der Waals surface area contributed by atoms with Gasteiger partial charge in [0.05, 0.1) is 23.4 Å². The van der Waals surface area contributed by atoms with Crippen LogP contribution in [0, 0.1) is 12.8 Å². The molecular weight excluding hydrogens is 322 g/mol. The van der Waals surface area contributed by atoms with Gasteiger partial charge in [0.25, 0.3) is 5.91 Å². The Hall–Kier alpha value is -1.94. The summed E-state index contributed by atoms with van der Waals surface area (Å²) in [6.45, 7) is 2.13. The van der Waals surface area contributed by atoms with E-state index < -0.39 is 21.8 Å². The van der Waals surface area contributed by atoms with Crippen LogP contribution in [-0.2, 0) is 21.9 Å². The molecule has 2 N–H and O–H groups in total.